The molecule has 0 bridgehead atoms. The Morgan fingerprint density at radius 2 is 1.88 bits per heavy atom. The molecule has 0 N–H and O–H groups in total. The van der Waals surface area contributed by atoms with Crippen molar-refractivity contribution in [3.63, 3.8) is 0 Å². The fraction of sp³-hybridized carbons (Fsp3) is 0. The van der Waals surface area contributed by atoms with Gasteiger partial charge in [0.05, 0.1) is 0 Å². The second-order valence-corrected chi connectivity index (χ2v) is 3.07. The second kappa shape index (κ2) is 4.32. The predicted molar refractivity (Wildman–Crippen MR) is 56.6 cm³/mol. The van der Waals surface area contributed by atoms with E-state index < -0.39 is 0 Å². The number of hydrogen-bond acceptors (Lipinski definition) is 3. The van der Waals surface area contributed by atoms with Crippen molar-refractivity contribution in [2.75, 3.05) is 0 Å². The van der Waals surface area contributed by atoms with E-state index in [2.05, 4.69) is 0 Å². The molecule has 0 unspecified atom stereocenters. The summed E-state index contributed by atoms with van der Waals surface area (Å²) in [6.07, 6.45) is 1.26. The maximum absolute atomic E-state index is 11.3. The molecular weight excluding hydrogens is 204 g/mol. The molecule has 0 atom stereocenters. The van der Waals surface area contributed by atoms with Crippen LogP contribution in [0.25, 0.3) is 0 Å². The number of aromatic nitrogens is 1. The van der Waals surface area contributed by atoms with Gasteiger partial charge in [0.2, 0.25) is 5.75 Å². The van der Waals surface area contributed by atoms with Crippen LogP contribution < -0.4 is 9.47 Å². The molecule has 2 rings (SSSR count). The van der Waals surface area contributed by atoms with Crippen LogP contribution in [0.4, 0.5) is 0 Å². The molecule has 1 heterocycles. The van der Waals surface area contributed by atoms with Crippen molar-refractivity contribution >= 4 is 0 Å². The van der Waals surface area contributed by atoms with Gasteiger partial charge in [-0.2, -0.15) is 9.99 Å². The molecule has 0 saturated heterocycles. The summed E-state index contributed by atoms with van der Waals surface area (Å²) in [5.74, 6) is 0.844. The van der Waals surface area contributed by atoms with Crippen LogP contribution in [0, 0.1) is 16.5 Å². The van der Waals surface area contributed by atoms with Gasteiger partial charge in [-0.25, -0.2) is 0 Å². The van der Waals surface area contributed by atoms with Crippen LogP contribution >= 0.6 is 0 Å². The fourth-order valence-corrected chi connectivity index (χ4v) is 1.27. The lowest BCUT2D eigenvalue weighted by Crippen LogP contribution is -2.29. The average Bonchev–Trinajstić information content (AvgIpc) is 2.31. The third-order valence-corrected chi connectivity index (χ3v) is 2.00. The van der Waals surface area contributed by atoms with Crippen LogP contribution in [0.2, 0.25) is 0 Å². The largest absolute Gasteiger partial charge is 0.618 e. The van der Waals surface area contributed by atoms with Gasteiger partial charge in [0.15, 0.2) is 12.3 Å². The van der Waals surface area contributed by atoms with E-state index in [1.807, 2.05) is 24.3 Å². The van der Waals surface area contributed by atoms with Gasteiger partial charge in [-0.05, 0) is 18.2 Å². The maximum atomic E-state index is 11.3. The molecule has 0 radical (unpaired) electrons. The molecule has 0 aliphatic carbocycles. The first-order valence-corrected chi connectivity index (χ1v) is 4.66. The Kier molecular flexibility index (Phi) is 2.70. The minimum Gasteiger partial charge on any atom is -0.618 e. The quantitative estimate of drug-likeness (QED) is 0.565. The molecule has 0 spiro atoms. The number of para-hydroxylation sites is 1. The molecule has 16 heavy (non-hydrogen) atoms. The van der Waals surface area contributed by atoms with E-state index in [-0.39, 0.29) is 11.4 Å². The summed E-state index contributed by atoms with van der Waals surface area (Å²) in [6, 6.07) is 13.9. The van der Waals surface area contributed by atoms with E-state index in [4.69, 9.17) is 10.00 Å². The highest BCUT2D eigenvalue weighted by molar-refractivity contribution is 5.37. The van der Waals surface area contributed by atoms with Gasteiger partial charge in [-0.1, -0.05) is 18.2 Å². The summed E-state index contributed by atoms with van der Waals surface area (Å²) < 4.78 is 5.92. The molecule has 0 aliphatic heterocycles. The Bertz CT molecular complexity index is 532. The monoisotopic (exact) mass is 212 g/mol. The van der Waals surface area contributed by atoms with Crippen molar-refractivity contribution in [2.24, 2.45) is 0 Å². The molecule has 0 aliphatic rings. The van der Waals surface area contributed by atoms with E-state index in [9.17, 15) is 5.21 Å². The van der Waals surface area contributed by atoms with E-state index >= 15 is 0 Å². The number of rotatable bonds is 2. The van der Waals surface area contributed by atoms with Gasteiger partial charge >= 0.3 is 5.69 Å². The summed E-state index contributed by atoms with van der Waals surface area (Å²) in [6.45, 7) is 0. The minimum atomic E-state index is -0.0497. The smallest absolute Gasteiger partial charge is 0.337 e. The van der Waals surface area contributed by atoms with Gasteiger partial charge in [0.25, 0.3) is 0 Å². The standard InChI is InChI=1S/C12H8N2O2/c13-9-11-12(7-4-8-14(11)15)16-10-5-2-1-3-6-10/h1-8H. The van der Waals surface area contributed by atoms with Crippen LogP contribution in [-0.4, -0.2) is 0 Å². The van der Waals surface area contributed by atoms with Crippen molar-refractivity contribution in [3.05, 3.63) is 59.6 Å². The molecule has 0 amide bonds. The first-order valence-electron chi connectivity index (χ1n) is 4.66. The zero-order chi connectivity index (χ0) is 11.4. The molecule has 1 aromatic heterocycles. The Morgan fingerprint density at radius 1 is 1.12 bits per heavy atom. The minimum absolute atomic E-state index is 0.0497. The van der Waals surface area contributed by atoms with Crippen molar-refractivity contribution < 1.29 is 9.47 Å². The van der Waals surface area contributed by atoms with Gasteiger partial charge < -0.3 is 9.94 Å². The van der Waals surface area contributed by atoms with E-state index in [1.165, 1.54) is 12.3 Å². The summed E-state index contributed by atoms with van der Waals surface area (Å²) in [4.78, 5) is 0. The molecule has 1 aromatic carbocycles. The van der Waals surface area contributed by atoms with Crippen molar-refractivity contribution in [1.82, 2.24) is 0 Å². The van der Waals surface area contributed by atoms with Crippen LogP contribution in [0.1, 0.15) is 5.69 Å². The summed E-state index contributed by atoms with van der Waals surface area (Å²) >= 11 is 0. The van der Waals surface area contributed by atoms with Gasteiger partial charge in [0.1, 0.15) is 5.75 Å². The maximum Gasteiger partial charge on any atom is 0.337 e. The molecule has 0 fully saturated rings. The van der Waals surface area contributed by atoms with Gasteiger partial charge in [-0.3, -0.25) is 0 Å². The highest BCUT2D eigenvalue weighted by Crippen LogP contribution is 2.21. The van der Waals surface area contributed by atoms with Crippen molar-refractivity contribution in [1.29, 1.82) is 5.26 Å². The van der Waals surface area contributed by atoms with Crippen LogP contribution in [0.3, 0.4) is 0 Å². The van der Waals surface area contributed by atoms with Crippen LogP contribution in [-0.2, 0) is 0 Å². The highest BCUT2D eigenvalue weighted by atomic mass is 16.5. The zero-order valence-corrected chi connectivity index (χ0v) is 8.33. The molecular formula is C12H8N2O2. The van der Waals surface area contributed by atoms with Gasteiger partial charge in [-0.15, -0.1) is 0 Å². The number of ether oxygens (including phenoxy) is 1. The van der Waals surface area contributed by atoms with Crippen LogP contribution in [0.5, 0.6) is 11.5 Å². The van der Waals surface area contributed by atoms with E-state index in [0.717, 1.165) is 0 Å². The zero-order valence-electron chi connectivity index (χ0n) is 8.33. The number of pyridine rings is 1. The number of benzene rings is 1. The molecule has 4 nitrogen and oxygen atoms in total. The average molecular weight is 212 g/mol. The summed E-state index contributed by atoms with van der Waals surface area (Å²) in [5, 5.41) is 20.1. The Labute approximate surface area is 92.5 Å². The number of hydrogen-bond donors (Lipinski definition) is 0. The Balaban J connectivity index is 2.36. The SMILES string of the molecule is N#Cc1c(Oc2ccccc2)ccc[n+]1[O-]. The molecule has 2 aromatic rings. The van der Waals surface area contributed by atoms with Crippen molar-refractivity contribution in [2.45, 2.75) is 0 Å². The normalized spacial score (nSPS) is 9.44. The second-order valence-electron chi connectivity index (χ2n) is 3.07. The third-order valence-electron chi connectivity index (χ3n) is 2.00. The topological polar surface area (TPSA) is 60.0 Å². The highest BCUT2D eigenvalue weighted by Gasteiger charge is 2.13. The number of nitrogens with zero attached hydrogens (tertiary/aromatic N) is 2. The van der Waals surface area contributed by atoms with Gasteiger partial charge in [0, 0.05) is 6.07 Å². The summed E-state index contributed by atoms with van der Waals surface area (Å²) in [7, 11) is 0. The lowest BCUT2D eigenvalue weighted by Gasteiger charge is -2.06. The lowest BCUT2D eigenvalue weighted by atomic mass is 10.3. The molecule has 78 valence electrons. The first kappa shape index (κ1) is 9.99. The van der Waals surface area contributed by atoms with E-state index in [1.54, 1.807) is 18.2 Å². The third kappa shape index (κ3) is 1.93. The molecule has 4 heteroatoms. The fourth-order valence-electron chi connectivity index (χ4n) is 1.27. The predicted octanol–water partition coefficient (Wildman–Crippen LogP) is 1.98. The number of nitriles is 1. The van der Waals surface area contributed by atoms with Crippen LogP contribution in [0.15, 0.2) is 48.7 Å². The first-order chi connectivity index (χ1) is 7.81. The summed E-state index contributed by atoms with van der Waals surface area (Å²) in [5.41, 5.74) is -0.0497. The van der Waals surface area contributed by atoms with Crippen molar-refractivity contribution in [3.8, 4) is 17.6 Å². The molecule has 0 saturated carbocycles. The Hall–Kier alpha value is -2.54. The lowest BCUT2D eigenvalue weighted by molar-refractivity contribution is -0.608. The van der Waals surface area contributed by atoms with E-state index in [0.29, 0.717) is 10.5 Å². The Morgan fingerprint density at radius 3 is 2.56 bits per heavy atom.